The van der Waals surface area contributed by atoms with Crippen molar-refractivity contribution in [3.63, 3.8) is 0 Å². The van der Waals surface area contributed by atoms with Crippen molar-refractivity contribution in [1.82, 2.24) is 0 Å². The van der Waals surface area contributed by atoms with Gasteiger partial charge in [0.1, 0.15) is 0 Å². The van der Waals surface area contributed by atoms with E-state index in [4.69, 9.17) is 0 Å². The summed E-state index contributed by atoms with van der Waals surface area (Å²) in [7, 11) is 0. The highest BCUT2D eigenvalue weighted by molar-refractivity contribution is 7.12. The molecule has 0 amide bonds. The second-order valence-corrected chi connectivity index (χ2v) is 3.92. The smallest absolute Gasteiger partial charge is 0.00735 e. The Balaban J connectivity index is 0.000000461. The zero-order valence-corrected chi connectivity index (χ0v) is 8.96. The van der Waals surface area contributed by atoms with Gasteiger partial charge in [-0.3, -0.25) is 0 Å². The molecule has 1 rings (SSSR count). The number of thiophene rings is 1. The minimum absolute atomic E-state index is 0.698. The Hall–Kier alpha value is -0.300. The maximum Gasteiger partial charge on any atom is 0.00735 e. The number of rotatable bonds is 1. The van der Waals surface area contributed by atoms with Gasteiger partial charge in [-0.2, -0.15) is 0 Å². The largest absolute Gasteiger partial charge is 0.145 e. The Morgan fingerprint density at radius 1 is 1.18 bits per heavy atom. The van der Waals surface area contributed by atoms with Crippen LogP contribution >= 0.6 is 11.3 Å². The van der Waals surface area contributed by atoms with E-state index in [0.717, 1.165) is 0 Å². The molecule has 0 spiro atoms. The highest BCUT2D eigenvalue weighted by Gasteiger charge is 1.99. The minimum Gasteiger partial charge on any atom is -0.145 e. The van der Waals surface area contributed by atoms with Crippen LogP contribution in [-0.4, -0.2) is 0 Å². The fourth-order valence-corrected chi connectivity index (χ4v) is 1.64. The van der Waals surface area contributed by atoms with Gasteiger partial charge in [0.25, 0.3) is 0 Å². The van der Waals surface area contributed by atoms with E-state index in [1.54, 1.807) is 0 Å². The molecule has 0 aliphatic rings. The molecule has 0 fully saturated rings. The zero-order valence-electron chi connectivity index (χ0n) is 8.14. The van der Waals surface area contributed by atoms with Gasteiger partial charge in [0.2, 0.25) is 0 Å². The summed E-state index contributed by atoms with van der Waals surface area (Å²) in [6, 6.07) is 4.39. The van der Waals surface area contributed by atoms with Gasteiger partial charge < -0.3 is 0 Å². The quantitative estimate of drug-likeness (QED) is 0.592. The monoisotopic (exact) mass is 170 g/mol. The Bertz CT molecular complexity index is 187. The van der Waals surface area contributed by atoms with Gasteiger partial charge in [0, 0.05) is 9.75 Å². The average Bonchev–Trinajstić information content (AvgIpc) is 2.40. The lowest BCUT2D eigenvalue weighted by atomic mass is 10.2. The summed E-state index contributed by atoms with van der Waals surface area (Å²) in [4.78, 5) is 2.91. The highest BCUT2D eigenvalue weighted by Crippen LogP contribution is 2.22. The second kappa shape index (κ2) is 5.36. The summed E-state index contributed by atoms with van der Waals surface area (Å²) in [6.45, 7) is 10.6. The first-order valence-electron chi connectivity index (χ1n) is 4.26. The van der Waals surface area contributed by atoms with E-state index in [0.29, 0.717) is 5.92 Å². The standard InChI is InChI=1S/C8H12S.C2H6/c1-6(2)8-5-4-7(3)9-8;1-2/h4-6H,1-3H3;1-2H3. The van der Waals surface area contributed by atoms with Crippen LogP contribution < -0.4 is 0 Å². The number of aryl methyl sites for hydroxylation is 1. The van der Waals surface area contributed by atoms with Crippen LogP contribution in [0.15, 0.2) is 12.1 Å². The summed E-state index contributed by atoms with van der Waals surface area (Å²) in [5.41, 5.74) is 0. The molecule has 1 heteroatoms. The lowest BCUT2D eigenvalue weighted by Gasteiger charge is -1.96. The van der Waals surface area contributed by atoms with Gasteiger partial charge >= 0.3 is 0 Å². The molecule has 0 bridgehead atoms. The van der Waals surface area contributed by atoms with E-state index in [-0.39, 0.29) is 0 Å². The Morgan fingerprint density at radius 3 is 1.91 bits per heavy atom. The molecule has 0 nitrogen and oxygen atoms in total. The number of hydrogen-bond donors (Lipinski definition) is 0. The van der Waals surface area contributed by atoms with Crippen molar-refractivity contribution in [3.05, 3.63) is 21.9 Å². The SMILES string of the molecule is CC.Cc1ccc(C(C)C)s1. The predicted octanol–water partition coefficient (Wildman–Crippen LogP) is 4.21. The molecule has 0 unspecified atom stereocenters. The van der Waals surface area contributed by atoms with Crippen molar-refractivity contribution in [2.75, 3.05) is 0 Å². The van der Waals surface area contributed by atoms with Crippen molar-refractivity contribution < 1.29 is 0 Å². The topological polar surface area (TPSA) is 0 Å². The normalized spacial score (nSPS) is 9.27. The first kappa shape index (κ1) is 10.7. The van der Waals surface area contributed by atoms with Crippen molar-refractivity contribution in [1.29, 1.82) is 0 Å². The zero-order chi connectivity index (χ0) is 8.85. The molecule has 0 aliphatic carbocycles. The summed E-state index contributed by atoms with van der Waals surface area (Å²) in [6.07, 6.45) is 0. The minimum atomic E-state index is 0.698. The third kappa shape index (κ3) is 3.57. The average molecular weight is 170 g/mol. The third-order valence-electron chi connectivity index (χ3n) is 1.33. The molecular weight excluding hydrogens is 152 g/mol. The summed E-state index contributed by atoms with van der Waals surface area (Å²) in [5, 5.41) is 0. The van der Waals surface area contributed by atoms with Crippen molar-refractivity contribution in [2.45, 2.75) is 40.5 Å². The maximum absolute atomic E-state index is 2.23. The number of hydrogen-bond acceptors (Lipinski definition) is 1. The molecule has 1 heterocycles. The van der Waals surface area contributed by atoms with Crippen molar-refractivity contribution >= 4 is 11.3 Å². The Labute approximate surface area is 74.3 Å². The van der Waals surface area contributed by atoms with Crippen molar-refractivity contribution in [2.24, 2.45) is 0 Å². The van der Waals surface area contributed by atoms with E-state index in [1.807, 2.05) is 25.2 Å². The Kier molecular flexibility index (Phi) is 5.22. The van der Waals surface area contributed by atoms with Crippen LogP contribution in [0, 0.1) is 6.92 Å². The van der Waals surface area contributed by atoms with E-state index in [9.17, 15) is 0 Å². The van der Waals surface area contributed by atoms with Crippen LogP contribution in [-0.2, 0) is 0 Å². The Morgan fingerprint density at radius 2 is 1.73 bits per heavy atom. The molecule has 0 N–H and O–H groups in total. The van der Waals surface area contributed by atoms with Crippen LogP contribution in [0.1, 0.15) is 43.4 Å². The molecule has 1 aromatic rings. The molecule has 0 aromatic carbocycles. The van der Waals surface area contributed by atoms with Gasteiger partial charge in [-0.1, -0.05) is 27.7 Å². The summed E-state index contributed by atoms with van der Waals surface area (Å²) in [5.74, 6) is 0.698. The molecular formula is C10H18S. The third-order valence-corrected chi connectivity index (χ3v) is 2.63. The van der Waals surface area contributed by atoms with Gasteiger partial charge in [0.15, 0.2) is 0 Å². The second-order valence-electron chi connectivity index (χ2n) is 2.60. The molecule has 0 aliphatic heterocycles. The molecule has 0 saturated carbocycles. The van der Waals surface area contributed by atoms with Crippen LogP contribution in [0.4, 0.5) is 0 Å². The van der Waals surface area contributed by atoms with E-state index >= 15 is 0 Å². The molecule has 1 aromatic heterocycles. The first-order chi connectivity index (χ1) is 5.20. The first-order valence-corrected chi connectivity index (χ1v) is 5.08. The van der Waals surface area contributed by atoms with Crippen LogP contribution in [0.2, 0.25) is 0 Å². The fourth-order valence-electron chi connectivity index (χ4n) is 0.764. The molecule has 0 radical (unpaired) electrons. The summed E-state index contributed by atoms with van der Waals surface area (Å²) >= 11 is 1.90. The fraction of sp³-hybridized carbons (Fsp3) is 0.600. The van der Waals surface area contributed by atoms with E-state index < -0.39 is 0 Å². The molecule has 64 valence electrons. The maximum atomic E-state index is 2.23. The molecule has 0 atom stereocenters. The van der Waals surface area contributed by atoms with Crippen LogP contribution in [0.3, 0.4) is 0 Å². The van der Waals surface area contributed by atoms with E-state index in [1.165, 1.54) is 9.75 Å². The highest BCUT2D eigenvalue weighted by atomic mass is 32.1. The van der Waals surface area contributed by atoms with Gasteiger partial charge in [-0.15, -0.1) is 11.3 Å². The van der Waals surface area contributed by atoms with E-state index in [2.05, 4.69) is 32.9 Å². The van der Waals surface area contributed by atoms with Gasteiger partial charge in [-0.25, -0.2) is 0 Å². The molecule has 11 heavy (non-hydrogen) atoms. The van der Waals surface area contributed by atoms with Gasteiger partial charge in [-0.05, 0) is 25.0 Å². The predicted molar refractivity (Wildman–Crippen MR) is 54.5 cm³/mol. The lowest BCUT2D eigenvalue weighted by Crippen LogP contribution is -1.77. The summed E-state index contributed by atoms with van der Waals surface area (Å²) < 4.78 is 0. The van der Waals surface area contributed by atoms with Crippen molar-refractivity contribution in [3.8, 4) is 0 Å². The van der Waals surface area contributed by atoms with Gasteiger partial charge in [0.05, 0.1) is 0 Å². The lowest BCUT2D eigenvalue weighted by molar-refractivity contribution is 0.890. The molecule has 0 saturated heterocycles. The van der Waals surface area contributed by atoms with Crippen LogP contribution in [0.5, 0.6) is 0 Å². The van der Waals surface area contributed by atoms with Crippen LogP contribution in [0.25, 0.3) is 0 Å².